The van der Waals surface area contributed by atoms with Crippen molar-refractivity contribution < 1.29 is 32.6 Å². The predicted molar refractivity (Wildman–Crippen MR) is 109 cm³/mol. The van der Waals surface area contributed by atoms with Gasteiger partial charge in [0.1, 0.15) is 5.75 Å². The summed E-state index contributed by atoms with van der Waals surface area (Å²) in [4.78, 5) is 27.9. The molecule has 1 saturated heterocycles. The topological polar surface area (TPSA) is 70.1 Å². The fourth-order valence-corrected chi connectivity index (χ4v) is 3.39. The van der Waals surface area contributed by atoms with Crippen LogP contribution < -0.4 is 9.64 Å². The van der Waals surface area contributed by atoms with Crippen LogP contribution in [0.2, 0.25) is 0 Å². The Labute approximate surface area is 177 Å². The van der Waals surface area contributed by atoms with E-state index in [1.54, 1.807) is 4.90 Å². The average molecular weight is 436 g/mol. The van der Waals surface area contributed by atoms with E-state index < -0.39 is 17.7 Å². The van der Waals surface area contributed by atoms with Gasteiger partial charge in [-0.3, -0.25) is 4.79 Å². The lowest BCUT2D eigenvalue weighted by Gasteiger charge is -2.36. The van der Waals surface area contributed by atoms with Crippen LogP contribution in [0.4, 0.5) is 18.9 Å². The zero-order chi connectivity index (χ0) is 22.8. The van der Waals surface area contributed by atoms with E-state index in [1.165, 1.54) is 30.3 Å². The monoisotopic (exact) mass is 436 g/mol. The number of carbonyl (C=O) groups excluding carboxylic acids is 1. The van der Waals surface area contributed by atoms with Crippen molar-refractivity contribution in [2.24, 2.45) is 0 Å². The van der Waals surface area contributed by atoms with Crippen molar-refractivity contribution in [3.05, 3.63) is 59.2 Å². The minimum Gasteiger partial charge on any atom is -0.490 e. The van der Waals surface area contributed by atoms with Gasteiger partial charge in [-0.15, -0.1) is 0 Å². The molecule has 31 heavy (non-hydrogen) atoms. The van der Waals surface area contributed by atoms with E-state index >= 15 is 0 Å². The molecule has 1 heterocycles. The van der Waals surface area contributed by atoms with Crippen molar-refractivity contribution in [2.75, 3.05) is 31.1 Å². The van der Waals surface area contributed by atoms with Crippen LogP contribution in [-0.4, -0.2) is 54.2 Å². The van der Waals surface area contributed by atoms with Crippen molar-refractivity contribution >= 4 is 17.6 Å². The third-order valence-electron chi connectivity index (χ3n) is 4.95. The van der Waals surface area contributed by atoms with Crippen molar-refractivity contribution in [3.63, 3.8) is 0 Å². The molecule has 1 amide bonds. The Morgan fingerprint density at radius 3 is 2.13 bits per heavy atom. The second-order valence-corrected chi connectivity index (χ2v) is 7.51. The number of nitrogens with zero attached hydrogens (tertiary/aromatic N) is 2. The Morgan fingerprint density at radius 2 is 1.61 bits per heavy atom. The van der Waals surface area contributed by atoms with Gasteiger partial charge in [-0.2, -0.15) is 13.2 Å². The van der Waals surface area contributed by atoms with Gasteiger partial charge < -0.3 is 19.6 Å². The quantitative estimate of drug-likeness (QED) is 0.763. The molecule has 0 atom stereocenters. The minimum absolute atomic E-state index is 0.0113. The fraction of sp³-hybridized carbons (Fsp3) is 0.364. The van der Waals surface area contributed by atoms with Crippen LogP contribution in [0.25, 0.3) is 0 Å². The second-order valence-electron chi connectivity index (χ2n) is 7.51. The van der Waals surface area contributed by atoms with E-state index in [1.807, 2.05) is 18.7 Å². The maximum absolute atomic E-state index is 13.1. The summed E-state index contributed by atoms with van der Waals surface area (Å²) in [7, 11) is 0. The van der Waals surface area contributed by atoms with Crippen molar-refractivity contribution in [2.45, 2.75) is 26.1 Å². The average Bonchev–Trinajstić information content (AvgIpc) is 2.72. The lowest BCUT2D eigenvalue weighted by Crippen LogP contribution is -2.49. The van der Waals surface area contributed by atoms with E-state index in [-0.39, 0.29) is 23.1 Å². The molecule has 1 N–H and O–H groups in total. The minimum atomic E-state index is -4.39. The molecule has 0 aromatic heterocycles. The normalized spacial score (nSPS) is 14.6. The van der Waals surface area contributed by atoms with Crippen LogP contribution in [0.1, 0.15) is 40.1 Å². The first-order valence-corrected chi connectivity index (χ1v) is 9.81. The highest BCUT2D eigenvalue weighted by Gasteiger charge is 2.31. The van der Waals surface area contributed by atoms with Gasteiger partial charge in [-0.1, -0.05) is 0 Å². The van der Waals surface area contributed by atoms with Crippen molar-refractivity contribution in [1.82, 2.24) is 4.90 Å². The third kappa shape index (κ3) is 5.28. The van der Waals surface area contributed by atoms with Gasteiger partial charge in [0, 0.05) is 31.9 Å². The highest BCUT2D eigenvalue weighted by atomic mass is 19.4. The molecular formula is C22H23F3N2O4. The zero-order valence-electron chi connectivity index (χ0n) is 17.1. The lowest BCUT2D eigenvalue weighted by atomic mass is 10.1. The van der Waals surface area contributed by atoms with E-state index in [9.17, 15) is 27.9 Å². The van der Waals surface area contributed by atoms with E-state index in [4.69, 9.17) is 4.74 Å². The highest BCUT2D eigenvalue weighted by Crippen LogP contribution is 2.31. The number of benzene rings is 2. The molecule has 0 unspecified atom stereocenters. The maximum Gasteiger partial charge on any atom is 0.416 e. The number of rotatable bonds is 5. The molecule has 1 fully saturated rings. The van der Waals surface area contributed by atoms with Gasteiger partial charge >= 0.3 is 12.1 Å². The van der Waals surface area contributed by atoms with Gasteiger partial charge in [-0.05, 0) is 56.3 Å². The first-order valence-electron chi connectivity index (χ1n) is 9.81. The Hall–Kier alpha value is -3.23. The summed E-state index contributed by atoms with van der Waals surface area (Å²) in [5, 5.41) is 9.26. The number of halogens is 3. The third-order valence-corrected chi connectivity index (χ3v) is 4.95. The number of carboxylic acid groups (broad SMARTS) is 1. The number of carboxylic acids is 1. The number of carbonyl (C=O) groups is 2. The maximum atomic E-state index is 13.1. The van der Waals surface area contributed by atoms with E-state index in [2.05, 4.69) is 0 Å². The number of alkyl halides is 3. The van der Waals surface area contributed by atoms with Crippen LogP contribution in [0.15, 0.2) is 42.5 Å². The van der Waals surface area contributed by atoms with Gasteiger partial charge in [0.05, 0.1) is 22.8 Å². The molecule has 166 valence electrons. The van der Waals surface area contributed by atoms with Crippen molar-refractivity contribution in [1.29, 1.82) is 0 Å². The molecule has 0 bridgehead atoms. The van der Waals surface area contributed by atoms with Gasteiger partial charge in [0.15, 0.2) is 0 Å². The molecule has 9 heteroatoms. The predicted octanol–water partition coefficient (Wildman–Crippen LogP) is 4.15. The standard InChI is InChI=1S/C22H23F3N2O4/c1-14(2)31-19-8-3-15(21(29)30)13-18(19)20(28)27-11-9-26(10-12-27)17-6-4-16(5-7-17)22(23,24)25/h3-8,13-14H,9-12H2,1-2H3,(H,29,30). The SMILES string of the molecule is CC(C)Oc1ccc(C(=O)O)cc1C(=O)N1CCN(c2ccc(C(F)(F)F)cc2)CC1. The van der Waals surface area contributed by atoms with Crippen LogP contribution >= 0.6 is 0 Å². The number of aromatic carboxylic acids is 1. The number of ether oxygens (including phenoxy) is 1. The summed E-state index contributed by atoms with van der Waals surface area (Å²) in [5.74, 6) is -1.17. The number of hydrogen-bond acceptors (Lipinski definition) is 4. The van der Waals surface area contributed by atoms with Gasteiger partial charge in [0.25, 0.3) is 5.91 Å². The molecule has 0 radical (unpaired) electrons. The molecule has 0 aliphatic carbocycles. The van der Waals surface area contributed by atoms with E-state index in [0.717, 1.165) is 12.1 Å². The molecule has 2 aromatic carbocycles. The van der Waals surface area contributed by atoms with Crippen LogP contribution in [0.5, 0.6) is 5.75 Å². The first-order chi connectivity index (χ1) is 14.6. The summed E-state index contributed by atoms with van der Waals surface area (Å²) >= 11 is 0. The van der Waals surface area contributed by atoms with Crippen LogP contribution in [-0.2, 0) is 6.18 Å². The highest BCUT2D eigenvalue weighted by molar-refractivity contribution is 6.00. The molecular weight excluding hydrogens is 413 g/mol. The second kappa shape index (κ2) is 8.87. The molecule has 2 aromatic rings. The number of piperazine rings is 1. The Kier molecular flexibility index (Phi) is 6.42. The number of amides is 1. The smallest absolute Gasteiger partial charge is 0.416 e. The molecule has 6 nitrogen and oxygen atoms in total. The first kappa shape index (κ1) is 22.5. The van der Waals surface area contributed by atoms with Crippen LogP contribution in [0, 0.1) is 0 Å². The molecule has 0 spiro atoms. The lowest BCUT2D eigenvalue weighted by molar-refractivity contribution is -0.137. The zero-order valence-corrected chi connectivity index (χ0v) is 17.1. The van der Waals surface area contributed by atoms with Gasteiger partial charge in [0.2, 0.25) is 0 Å². The summed E-state index contributed by atoms with van der Waals surface area (Å²) in [6.07, 6.45) is -4.58. The summed E-state index contributed by atoms with van der Waals surface area (Å²) in [5.41, 5.74) is 0.109. The number of hydrogen-bond donors (Lipinski definition) is 1. The summed E-state index contributed by atoms with van der Waals surface area (Å²) in [6.45, 7) is 5.19. The van der Waals surface area contributed by atoms with Gasteiger partial charge in [-0.25, -0.2) is 4.79 Å². The summed E-state index contributed by atoms with van der Waals surface area (Å²) in [6, 6.07) is 9.11. The Balaban J connectivity index is 1.73. The number of anilines is 1. The molecule has 1 aliphatic heterocycles. The van der Waals surface area contributed by atoms with Crippen molar-refractivity contribution in [3.8, 4) is 5.75 Å². The largest absolute Gasteiger partial charge is 0.490 e. The van der Waals surface area contributed by atoms with E-state index in [0.29, 0.717) is 37.6 Å². The Bertz CT molecular complexity index is 950. The summed E-state index contributed by atoms with van der Waals surface area (Å²) < 4.78 is 43.9. The van der Waals surface area contributed by atoms with Crippen LogP contribution in [0.3, 0.4) is 0 Å². The Morgan fingerprint density at radius 1 is 1.00 bits per heavy atom. The molecule has 0 saturated carbocycles. The fourth-order valence-electron chi connectivity index (χ4n) is 3.39. The molecule has 1 aliphatic rings. The molecule has 3 rings (SSSR count).